The molecule has 0 saturated heterocycles. The molecule has 0 radical (unpaired) electrons. The number of Topliss-reactive ketones (excluding diaryl/α,β-unsaturated/α-hetero) is 1. The summed E-state index contributed by atoms with van der Waals surface area (Å²) in [7, 11) is 0. The Bertz CT molecular complexity index is 856. The molecule has 1 nitrogen and oxygen atoms in total. The maximum Gasteiger partial charge on any atom is 0.178 e. The SMILES string of the molecule is Cc1ccc(C2(c3ccc(C)cc3)Cc3ccccc3C2=O)cc1. The van der Waals surface area contributed by atoms with Crippen molar-refractivity contribution in [1.82, 2.24) is 0 Å². The summed E-state index contributed by atoms with van der Waals surface area (Å²) in [6, 6.07) is 24.9. The number of rotatable bonds is 2. The lowest BCUT2D eigenvalue weighted by Crippen LogP contribution is -2.34. The Kier molecular flexibility index (Phi) is 3.38. The molecule has 0 spiro atoms. The maximum atomic E-state index is 13.5. The zero-order chi connectivity index (χ0) is 16.7. The van der Waals surface area contributed by atoms with Gasteiger partial charge in [0, 0.05) is 5.56 Å². The topological polar surface area (TPSA) is 17.1 Å². The molecule has 0 fully saturated rings. The lowest BCUT2D eigenvalue weighted by Gasteiger charge is -2.29. The van der Waals surface area contributed by atoms with Gasteiger partial charge in [-0.3, -0.25) is 4.79 Å². The highest BCUT2D eigenvalue weighted by molar-refractivity contribution is 6.10. The summed E-state index contributed by atoms with van der Waals surface area (Å²) in [6.07, 6.45) is 0.730. The van der Waals surface area contributed by atoms with Gasteiger partial charge in [0.1, 0.15) is 0 Å². The van der Waals surface area contributed by atoms with Gasteiger partial charge in [0.2, 0.25) is 0 Å². The van der Waals surface area contributed by atoms with Gasteiger partial charge in [0.05, 0.1) is 5.41 Å². The van der Waals surface area contributed by atoms with Crippen molar-refractivity contribution in [3.05, 3.63) is 106 Å². The fraction of sp³-hybridized carbons (Fsp3) is 0.174. The van der Waals surface area contributed by atoms with Gasteiger partial charge in [0.15, 0.2) is 5.78 Å². The number of hydrogen-bond donors (Lipinski definition) is 0. The second-order valence-corrected chi connectivity index (χ2v) is 6.80. The van der Waals surface area contributed by atoms with E-state index in [1.54, 1.807) is 0 Å². The van der Waals surface area contributed by atoms with E-state index < -0.39 is 5.41 Å². The van der Waals surface area contributed by atoms with Crippen LogP contribution in [0, 0.1) is 13.8 Å². The van der Waals surface area contributed by atoms with Gasteiger partial charge in [-0.25, -0.2) is 0 Å². The van der Waals surface area contributed by atoms with Crippen LogP contribution in [0.4, 0.5) is 0 Å². The lowest BCUT2D eigenvalue weighted by molar-refractivity contribution is 0.0929. The van der Waals surface area contributed by atoms with Crippen LogP contribution < -0.4 is 0 Å². The molecule has 4 rings (SSSR count). The summed E-state index contributed by atoms with van der Waals surface area (Å²) < 4.78 is 0. The molecule has 1 aliphatic carbocycles. The molecule has 0 aliphatic heterocycles. The molecule has 0 saturated carbocycles. The quantitative estimate of drug-likeness (QED) is 0.648. The Balaban J connectivity index is 1.96. The second kappa shape index (κ2) is 5.45. The van der Waals surface area contributed by atoms with E-state index in [1.165, 1.54) is 11.1 Å². The molecule has 118 valence electrons. The average Bonchev–Trinajstić information content (AvgIpc) is 2.90. The van der Waals surface area contributed by atoms with Crippen LogP contribution in [0.2, 0.25) is 0 Å². The third kappa shape index (κ3) is 2.12. The molecule has 0 heterocycles. The Hall–Kier alpha value is -2.67. The lowest BCUT2D eigenvalue weighted by atomic mass is 9.71. The number of aryl methyl sites for hydroxylation is 2. The summed E-state index contributed by atoms with van der Waals surface area (Å²) in [6.45, 7) is 4.15. The standard InChI is InChI=1S/C23H20O/c1-16-7-11-19(12-8-16)23(20-13-9-17(2)10-14-20)15-18-5-3-4-6-21(18)22(23)24/h3-14H,15H2,1-2H3. The van der Waals surface area contributed by atoms with Gasteiger partial charge in [-0.15, -0.1) is 0 Å². The fourth-order valence-electron chi connectivity index (χ4n) is 3.80. The van der Waals surface area contributed by atoms with E-state index in [-0.39, 0.29) is 5.78 Å². The predicted octanol–water partition coefficient (Wildman–Crippen LogP) is 5.03. The average molecular weight is 312 g/mol. The van der Waals surface area contributed by atoms with Crippen LogP contribution in [-0.4, -0.2) is 5.78 Å². The van der Waals surface area contributed by atoms with Crippen LogP contribution in [0.3, 0.4) is 0 Å². The number of hydrogen-bond acceptors (Lipinski definition) is 1. The second-order valence-electron chi connectivity index (χ2n) is 6.80. The van der Waals surface area contributed by atoms with Crippen LogP contribution in [0.25, 0.3) is 0 Å². The molecular weight excluding hydrogens is 292 g/mol. The number of fused-ring (bicyclic) bond motifs is 1. The normalized spacial score (nSPS) is 15.3. The molecule has 0 unspecified atom stereocenters. The zero-order valence-corrected chi connectivity index (χ0v) is 14.0. The smallest absolute Gasteiger partial charge is 0.178 e. The molecule has 0 atom stereocenters. The molecule has 0 N–H and O–H groups in total. The van der Waals surface area contributed by atoms with Gasteiger partial charge in [-0.1, -0.05) is 83.9 Å². The summed E-state index contributed by atoms with van der Waals surface area (Å²) in [5.41, 5.74) is 5.98. The molecule has 3 aromatic rings. The molecule has 1 aliphatic rings. The molecule has 0 amide bonds. The highest BCUT2D eigenvalue weighted by Gasteiger charge is 2.47. The minimum absolute atomic E-state index is 0.214. The monoisotopic (exact) mass is 312 g/mol. The summed E-state index contributed by atoms with van der Waals surface area (Å²) >= 11 is 0. The van der Waals surface area contributed by atoms with Crippen molar-refractivity contribution in [2.75, 3.05) is 0 Å². The summed E-state index contributed by atoms with van der Waals surface area (Å²) in [5.74, 6) is 0.214. The van der Waals surface area contributed by atoms with Crippen molar-refractivity contribution in [3.63, 3.8) is 0 Å². The Labute approximate surface area is 143 Å². The third-order valence-corrected chi connectivity index (χ3v) is 5.19. The first kappa shape index (κ1) is 14.9. The van der Waals surface area contributed by atoms with Crippen LogP contribution in [0.5, 0.6) is 0 Å². The first-order valence-electron chi connectivity index (χ1n) is 8.38. The van der Waals surface area contributed by atoms with Crippen molar-refractivity contribution >= 4 is 5.78 Å². The van der Waals surface area contributed by atoms with E-state index in [2.05, 4.69) is 68.4 Å². The summed E-state index contributed by atoms with van der Waals surface area (Å²) in [4.78, 5) is 13.5. The minimum Gasteiger partial charge on any atom is -0.293 e. The number of carbonyl (C=O) groups excluding carboxylic acids is 1. The van der Waals surface area contributed by atoms with E-state index in [4.69, 9.17) is 0 Å². The van der Waals surface area contributed by atoms with E-state index >= 15 is 0 Å². The molecular formula is C23H20O. The van der Waals surface area contributed by atoms with Gasteiger partial charge >= 0.3 is 0 Å². The highest BCUT2D eigenvalue weighted by atomic mass is 16.1. The zero-order valence-electron chi connectivity index (χ0n) is 14.0. The van der Waals surface area contributed by atoms with Crippen molar-refractivity contribution in [3.8, 4) is 0 Å². The Morgan fingerprint density at radius 3 is 1.71 bits per heavy atom. The van der Waals surface area contributed by atoms with Crippen LogP contribution in [0.1, 0.15) is 38.2 Å². The van der Waals surface area contributed by atoms with E-state index in [0.29, 0.717) is 0 Å². The van der Waals surface area contributed by atoms with E-state index in [0.717, 1.165) is 28.7 Å². The van der Waals surface area contributed by atoms with Crippen LogP contribution in [-0.2, 0) is 11.8 Å². The van der Waals surface area contributed by atoms with Crippen molar-refractivity contribution in [2.45, 2.75) is 25.7 Å². The first-order chi connectivity index (χ1) is 11.6. The Morgan fingerprint density at radius 1 is 0.708 bits per heavy atom. The van der Waals surface area contributed by atoms with Crippen molar-refractivity contribution < 1.29 is 4.79 Å². The van der Waals surface area contributed by atoms with Gasteiger partial charge in [-0.2, -0.15) is 0 Å². The number of carbonyl (C=O) groups is 1. The fourth-order valence-corrected chi connectivity index (χ4v) is 3.80. The van der Waals surface area contributed by atoms with Gasteiger partial charge in [0.25, 0.3) is 0 Å². The molecule has 0 bridgehead atoms. The Morgan fingerprint density at radius 2 is 1.21 bits per heavy atom. The number of benzene rings is 3. The minimum atomic E-state index is -0.606. The maximum absolute atomic E-state index is 13.5. The third-order valence-electron chi connectivity index (χ3n) is 5.19. The van der Waals surface area contributed by atoms with Crippen LogP contribution in [0.15, 0.2) is 72.8 Å². The van der Waals surface area contributed by atoms with Crippen LogP contribution >= 0.6 is 0 Å². The molecule has 3 aromatic carbocycles. The van der Waals surface area contributed by atoms with Crippen molar-refractivity contribution in [1.29, 1.82) is 0 Å². The van der Waals surface area contributed by atoms with E-state index in [9.17, 15) is 4.79 Å². The molecule has 1 heteroatoms. The predicted molar refractivity (Wildman–Crippen MR) is 97.6 cm³/mol. The van der Waals surface area contributed by atoms with Crippen molar-refractivity contribution in [2.24, 2.45) is 0 Å². The summed E-state index contributed by atoms with van der Waals surface area (Å²) in [5, 5.41) is 0. The van der Waals surface area contributed by atoms with Gasteiger partial charge < -0.3 is 0 Å². The molecule has 0 aromatic heterocycles. The highest BCUT2D eigenvalue weighted by Crippen LogP contribution is 2.44. The largest absolute Gasteiger partial charge is 0.293 e. The molecule has 24 heavy (non-hydrogen) atoms. The van der Waals surface area contributed by atoms with E-state index in [1.807, 2.05) is 18.2 Å². The van der Waals surface area contributed by atoms with Gasteiger partial charge in [-0.05, 0) is 37.0 Å². The first-order valence-corrected chi connectivity index (χ1v) is 8.38. The number of ketones is 1.